The molecule has 0 bridgehead atoms. The first-order valence-corrected chi connectivity index (χ1v) is 11.1. The fourth-order valence-electron chi connectivity index (χ4n) is 3.68. The molecule has 9 heteroatoms. The molecule has 0 aliphatic rings. The van der Waals surface area contributed by atoms with Crippen LogP contribution in [-0.4, -0.2) is 30.1 Å². The Bertz CT molecular complexity index is 1520. The molecule has 0 radical (unpaired) electrons. The van der Waals surface area contributed by atoms with Crippen LogP contribution in [0, 0.1) is 5.82 Å². The first-order valence-electron chi connectivity index (χ1n) is 10.2. The van der Waals surface area contributed by atoms with Gasteiger partial charge >= 0.3 is 0 Å². The largest absolute Gasteiger partial charge is 0.493 e. The Kier molecular flexibility index (Phi) is 5.69. The number of aromatic nitrogens is 2. The van der Waals surface area contributed by atoms with E-state index in [-0.39, 0.29) is 17.0 Å². The van der Waals surface area contributed by atoms with Gasteiger partial charge in [-0.3, -0.25) is 15.1 Å². The average molecular weight is 476 g/mol. The van der Waals surface area contributed by atoms with Crippen molar-refractivity contribution in [3.63, 3.8) is 0 Å². The van der Waals surface area contributed by atoms with Crippen molar-refractivity contribution in [2.24, 2.45) is 0 Å². The van der Waals surface area contributed by atoms with Crippen molar-refractivity contribution in [2.75, 3.05) is 19.5 Å². The number of fused-ring (bicyclic) bond motifs is 2. The van der Waals surface area contributed by atoms with Crippen LogP contribution in [0.4, 0.5) is 9.52 Å². The summed E-state index contributed by atoms with van der Waals surface area (Å²) in [5.74, 6) is 0.513. The van der Waals surface area contributed by atoms with Crippen LogP contribution < -0.4 is 19.5 Å². The predicted octanol–water partition coefficient (Wildman–Crippen LogP) is 6.05. The van der Waals surface area contributed by atoms with Gasteiger partial charge in [0.05, 0.1) is 19.7 Å². The normalized spacial score (nSPS) is 10.9. The van der Waals surface area contributed by atoms with Crippen LogP contribution in [0.5, 0.6) is 23.0 Å². The summed E-state index contributed by atoms with van der Waals surface area (Å²) in [6.45, 7) is 0. The molecule has 0 atom stereocenters. The number of hydrogen-bond acceptors (Lipinski definition) is 7. The van der Waals surface area contributed by atoms with Gasteiger partial charge < -0.3 is 14.2 Å². The number of thiazole rings is 1. The fraction of sp³-hybridized carbons (Fsp3) is 0.0800. The zero-order chi connectivity index (χ0) is 23.7. The fourth-order valence-corrected chi connectivity index (χ4v) is 4.21. The number of carbonyl (C=O) groups is 1. The number of anilines is 1. The highest BCUT2D eigenvalue weighted by molar-refractivity contribution is 7.13. The minimum atomic E-state index is -0.577. The molecule has 7 nitrogen and oxygen atoms in total. The molecule has 1 amide bonds. The van der Waals surface area contributed by atoms with Gasteiger partial charge in [0, 0.05) is 40.2 Å². The molecule has 0 spiro atoms. The SMILES string of the molecule is COc1cc2nccc(Oc3ccc4c(C(=O)Nc5nccs5)cccc4c3F)c2cc1OC. The van der Waals surface area contributed by atoms with Crippen molar-refractivity contribution >= 4 is 44.1 Å². The number of nitrogens with zero attached hydrogens (tertiary/aromatic N) is 2. The van der Waals surface area contributed by atoms with Crippen LogP contribution in [0.15, 0.2) is 66.3 Å². The van der Waals surface area contributed by atoms with E-state index in [0.29, 0.717) is 44.2 Å². The van der Waals surface area contributed by atoms with Crippen molar-refractivity contribution in [1.29, 1.82) is 0 Å². The maximum Gasteiger partial charge on any atom is 0.258 e. The molecule has 0 saturated heterocycles. The van der Waals surface area contributed by atoms with Gasteiger partial charge in [-0.05, 0) is 35.7 Å². The second-order valence-corrected chi connectivity index (χ2v) is 8.10. The number of halogens is 1. The lowest BCUT2D eigenvalue weighted by Gasteiger charge is -2.14. The molecule has 0 unspecified atom stereocenters. The van der Waals surface area contributed by atoms with Gasteiger partial charge in [-0.2, -0.15) is 0 Å². The number of benzene rings is 3. The molecule has 1 N–H and O–H groups in total. The molecule has 0 saturated carbocycles. The standard InChI is InChI=1S/C25H18FN3O4S/c1-31-21-12-17-18(13-22(21)32-2)27-9-8-19(17)33-20-7-6-14-15(23(20)26)4-3-5-16(14)24(30)29-25-28-10-11-34-25/h3-13H,1-2H3,(H,28,29,30). The first-order chi connectivity index (χ1) is 16.6. The number of amides is 1. The lowest BCUT2D eigenvalue weighted by Crippen LogP contribution is -2.12. The Morgan fingerprint density at radius 1 is 0.882 bits per heavy atom. The van der Waals surface area contributed by atoms with E-state index >= 15 is 4.39 Å². The Morgan fingerprint density at radius 2 is 1.71 bits per heavy atom. The van der Waals surface area contributed by atoms with Crippen molar-refractivity contribution in [1.82, 2.24) is 9.97 Å². The van der Waals surface area contributed by atoms with E-state index in [2.05, 4.69) is 15.3 Å². The summed E-state index contributed by atoms with van der Waals surface area (Å²) in [6, 6.07) is 13.2. The van der Waals surface area contributed by atoms with Crippen molar-refractivity contribution in [3.8, 4) is 23.0 Å². The lowest BCUT2D eigenvalue weighted by atomic mass is 10.0. The predicted molar refractivity (Wildman–Crippen MR) is 129 cm³/mol. The van der Waals surface area contributed by atoms with Crippen molar-refractivity contribution < 1.29 is 23.4 Å². The maximum atomic E-state index is 15.5. The monoisotopic (exact) mass is 475 g/mol. The second kappa shape index (κ2) is 8.95. The van der Waals surface area contributed by atoms with Gasteiger partial charge in [0.2, 0.25) is 0 Å². The number of ether oxygens (including phenoxy) is 3. The Morgan fingerprint density at radius 3 is 2.47 bits per heavy atom. The topological polar surface area (TPSA) is 82.6 Å². The number of methoxy groups -OCH3 is 2. The van der Waals surface area contributed by atoms with Gasteiger partial charge in [0.1, 0.15) is 5.75 Å². The van der Waals surface area contributed by atoms with E-state index in [9.17, 15) is 4.79 Å². The quantitative estimate of drug-likeness (QED) is 0.322. The van der Waals surface area contributed by atoms with E-state index in [4.69, 9.17) is 14.2 Å². The molecular weight excluding hydrogens is 457 g/mol. The summed E-state index contributed by atoms with van der Waals surface area (Å²) in [5.41, 5.74) is 0.946. The van der Waals surface area contributed by atoms with Gasteiger partial charge in [-0.15, -0.1) is 11.3 Å². The van der Waals surface area contributed by atoms with Crippen LogP contribution in [0.1, 0.15) is 10.4 Å². The average Bonchev–Trinajstić information content (AvgIpc) is 3.37. The van der Waals surface area contributed by atoms with Crippen LogP contribution in [0.3, 0.4) is 0 Å². The van der Waals surface area contributed by atoms with E-state index in [0.717, 1.165) is 0 Å². The summed E-state index contributed by atoms with van der Waals surface area (Å²) in [6.07, 6.45) is 3.17. The van der Waals surface area contributed by atoms with Crippen molar-refractivity contribution in [3.05, 3.63) is 77.7 Å². The maximum absolute atomic E-state index is 15.5. The highest BCUT2D eigenvalue weighted by Gasteiger charge is 2.18. The first kappa shape index (κ1) is 21.6. The Hall–Kier alpha value is -4.24. The minimum Gasteiger partial charge on any atom is -0.493 e. The smallest absolute Gasteiger partial charge is 0.258 e. The molecule has 0 aliphatic carbocycles. The highest BCUT2D eigenvalue weighted by atomic mass is 32.1. The number of pyridine rings is 1. The molecule has 5 aromatic rings. The third-order valence-corrected chi connectivity index (χ3v) is 5.97. The zero-order valence-corrected chi connectivity index (χ0v) is 19.0. The van der Waals surface area contributed by atoms with Crippen LogP contribution in [0.25, 0.3) is 21.7 Å². The van der Waals surface area contributed by atoms with Gasteiger partial charge in [0.15, 0.2) is 28.2 Å². The molecule has 170 valence electrons. The summed E-state index contributed by atoms with van der Waals surface area (Å²) in [7, 11) is 3.08. The summed E-state index contributed by atoms with van der Waals surface area (Å²) in [5, 5.41) is 6.33. The molecule has 0 fully saturated rings. The summed E-state index contributed by atoms with van der Waals surface area (Å²) in [4.78, 5) is 21.1. The molecule has 3 aromatic carbocycles. The molecule has 2 heterocycles. The van der Waals surface area contributed by atoms with Gasteiger partial charge in [-0.25, -0.2) is 9.37 Å². The minimum absolute atomic E-state index is 0.0206. The highest BCUT2D eigenvalue weighted by Crippen LogP contribution is 2.38. The summed E-state index contributed by atoms with van der Waals surface area (Å²) >= 11 is 1.30. The van der Waals surface area contributed by atoms with Crippen LogP contribution in [0.2, 0.25) is 0 Å². The Labute approximate surface area is 197 Å². The molecule has 34 heavy (non-hydrogen) atoms. The molecule has 0 aliphatic heterocycles. The van der Waals surface area contributed by atoms with E-state index in [1.807, 2.05) is 0 Å². The molecule has 5 rings (SSSR count). The molecular formula is C25H18FN3O4S. The van der Waals surface area contributed by atoms with Crippen LogP contribution >= 0.6 is 11.3 Å². The van der Waals surface area contributed by atoms with Gasteiger partial charge in [0.25, 0.3) is 5.91 Å². The van der Waals surface area contributed by atoms with Crippen LogP contribution in [-0.2, 0) is 0 Å². The van der Waals surface area contributed by atoms with Gasteiger partial charge in [-0.1, -0.05) is 12.1 Å². The number of rotatable bonds is 6. The number of carbonyl (C=O) groups excluding carboxylic acids is 1. The third kappa shape index (κ3) is 3.86. The van der Waals surface area contributed by atoms with E-state index < -0.39 is 5.82 Å². The number of nitrogens with one attached hydrogen (secondary N) is 1. The third-order valence-electron chi connectivity index (χ3n) is 5.28. The number of hydrogen-bond donors (Lipinski definition) is 1. The second-order valence-electron chi connectivity index (χ2n) is 7.21. The Balaban J connectivity index is 1.54. The zero-order valence-electron chi connectivity index (χ0n) is 18.2. The van der Waals surface area contributed by atoms with E-state index in [1.54, 1.807) is 67.3 Å². The molecule has 2 aromatic heterocycles. The summed E-state index contributed by atoms with van der Waals surface area (Å²) < 4.78 is 32.2. The van der Waals surface area contributed by atoms with Crippen molar-refractivity contribution in [2.45, 2.75) is 0 Å². The lowest BCUT2D eigenvalue weighted by molar-refractivity contribution is 0.102. The van der Waals surface area contributed by atoms with E-state index in [1.165, 1.54) is 24.5 Å².